The van der Waals surface area contributed by atoms with Gasteiger partial charge in [0.05, 0.1) is 26.7 Å². The van der Waals surface area contributed by atoms with Gasteiger partial charge in [-0.15, -0.1) is 0 Å². The first-order valence-electron chi connectivity index (χ1n) is 7.16. The molecule has 2 fully saturated rings. The minimum atomic E-state index is -3.38. The predicted octanol–water partition coefficient (Wildman–Crippen LogP) is -1.26. The molecule has 21 heavy (non-hydrogen) atoms. The van der Waals surface area contributed by atoms with Gasteiger partial charge < -0.3 is 14.4 Å². The third-order valence-electron chi connectivity index (χ3n) is 3.81. The molecule has 0 N–H and O–H groups in total. The Kier molecular flexibility index (Phi) is 5.94. The number of carbonyl (C=O) groups is 1. The molecule has 8 nitrogen and oxygen atoms in total. The van der Waals surface area contributed by atoms with Crippen LogP contribution in [-0.4, -0.2) is 94.0 Å². The van der Waals surface area contributed by atoms with E-state index < -0.39 is 10.2 Å². The average Bonchev–Trinajstić information content (AvgIpc) is 2.53. The van der Waals surface area contributed by atoms with Crippen molar-refractivity contribution in [3.05, 3.63) is 0 Å². The van der Waals surface area contributed by atoms with Crippen molar-refractivity contribution < 1.29 is 22.7 Å². The number of morpholine rings is 1. The summed E-state index contributed by atoms with van der Waals surface area (Å²) in [7, 11) is -2.01. The number of esters is 1. The van der Waals surface area contributed by atoms with Crippen LogP contribution in [0.15, 0.2) is 0 Å². The van der Waals surface area contributed by atoms with E-state index in [4.69, 9.17) is 4.74 Å². The third kappa shape index (κ3) is 4.36. The van der Waals surface area contributed by atoms with Gasteiger partial charge >= 0.3 is 5.97 Å². The number of methoxy groups -OCH3 is 1. The van der Waals surface area contributed by atoms with Crippen molar-refractivity contribution in [1.82, 2.24) is 13.5 Å². The van der Waals surface area contributed by atoms with Crippen LogP contribution in [-0.2, 0) is 24.5 Å². The normalized spacial score (nSPS) is 23.1. The molecule has 2 aliphatic rings. The van der Waals surface area contributed by atoms with Crippen LogP contribution >= 0.6 is 0 Å². The zero-order valence-electron chi connectivity index (χ0n) is 12.4. The largest absolute Gasteiger partial charge is 0.469 e. The highest BCUT2D eigenvalue weighted by Crippen LogP contribution is 2.14. The van der Waals surface area contributed by atoms with Crippen LogP contribution in [0, 0.1) is 0 Å². The van der Waals surface area contributed by atoms with Crippen LogP contribution in [0.4, 0.5) is 0 Å². The molecule has 0 aromatic heterocycles. The number of hydrogen-bond acceptors (Lipinski definition) is 6. The molecule has 0 atom stereocenters. The number of rotatable bonds is 5. The average molecular weight is 321 g/mol. The summed E-state index contributed by atoms with van der Waals surface area (Å²) in [6.45, 7) is 4.56. The van der Waals surface area contributed by atoms with Gasteiger partial charge in [0.15, 0.2) is 0 Å². The summed E-state index contributed by atoms with van der Waals surface area (Å²) < 4.78 is 37.7. The molecule has 0 aromatic carbocycles. The van der Waals surface area contributed by atoms with Gasteiger partial charge in [-0.2, -0.15) is 17.0 Å². The molecule has 2 aliphatic heterocycles. The number of ether oxygens (including phenoxy) is 2. The zero-order valence-corrected chi connectivity index (χ0v) is 13.2. The SMILES string of the molecule is COC(=O)CCN1CCN(S(=O)(=O)N2CCOCC2)CC1. The summed E-state index contributed by atoms with van der Waals surface area (Å²) in [6, 6.07) is 0. The Labute approximate surface area is 125 Å². The van der Waals surface area contributed by atoms with Gasteiger partial charge in [-0.3, -0.25) is 4.79 Å². The fourth-order valence-corrected chi connectivity index (χ4v) is 4.04. The standard InChI is InChI=1S/C12H23N3O5S/c1-19-12(16)2-3-13-4-6-14(7-5-13)21(17,18)15-8-10-20-11-9-15/h2-11H2,1H3. The Hall–Kier alpha value is -0.740. The summed E-state index contributed by atoms with van der Waals surface area (Å²) in [4.78, 5) is 13.2. The summed E-state index contributed by atoms with van der Waals surface area (Å²) in [5, 5.41) is 0. The molecule has 0 aliphatic carbocycles. The number of piperazine rings is 1. The van der Waals surface area contributed by atoms with Crippen LogP contribution in [0.5, 0.6) is 0 Å². The Morgan fingerprint density at radius 1 is 1.05 bits per heavy atom. The van der Waals surface area contributed by atoms with Crippen molar-refractivity contribution in [3.8, 4) is 0 Å². The molecule has 0 amide bonds. The lowest BCUT2D eigenvalue weighted by molar-refractivity contribution is -0.141. The van der Waals surface area contributed by atoms with E-state index in [9.17, 15) is 13.2 Å². The van der Waals surface area contributed by atoms with Crippen LogP contribution in [0.3, 0.4) is 0 Å². The van der Waals surface area contributed by atoms with Gasteiger partial charge in [-0.1, -0.05) is 0 Å². The van der Waals surface area contributed by atoms with E-state index in [0.29, 0.717) is 65.4 Å². The molecule has 0 unspecified atom stereocenters. The van der Waals surface area contributed by atoms with Gasteiger partial charge in [0.2, 0.25) is 0 Å². The predicted molar refractivity (Wildman–Crippen MR) is 76.0 cm³/mol. The lowest BCUT2D eigenvalue weighted by Gasteiger charge is -2.37. The van der Waals surface area contributed by atoms with E-state index in [1.165, 1.54) is 15.7 Å². The van der Waals surface area contributed by atoms with Gasteiger partial charge in [0, 0.05) is 45.8 Å². The Bertz CT molecular complexity index is 442. The Morgan fingerprint density at radius 3 is 2.19 bits per heavy atom. The third-order valence-corrected chi connectivity index (χ3v) is 5.85. The van der Waals surface area contributed by atoms with Gasteiger partial charge in [-0.25, -0.2) is 0 Å². The van der Waals surface area contributed by atoms with E-state index in [0.717, 1.165) is 0 Å². The lowest BCUT2D eigenvalue weighted by Crippen LogP contribution is -2.55. The smallest absolute Gasteiger partial charge is 0.306 e. The number of nitrogens with zero attached hydrogens (tertiary/aromatic N) is 3. The molecule has 9 heteroatoms. The van der Waals surface area contributed by atoms with Crippen molar-refractivity contribution in [2.24, 2.45) is 0 Å². The van der Waals surface area contributed by atoms with Crippen molar-refractivity contribution in [2.45, 2.75) is 6.42 Å². The van der Waals surface area contributed by atoms with Crippen molar-refractivity contribution in [2.75, 3.05) is 66.1 Å². The maximum atomic E-state index is 12.5. The van der Waals surface area contributed by atoms with E-state index in [-0.39, 0.29) is 5.97 Å². The Morgan fingerprint density at radius 2 is 1.62 bits per heavy atom. The van der Waals surface area contributed by atoms with Crippen molar-refractivity contribution >= 4 is 16.2 Å². The van der Waals surface area contributed by atoms with Crippen molar-refractivity contribution in [1.29, 1.82) is 0 Å². The quantitative estimate of drug-likeness (QED) is 0.588. The van der Waals surface area contributed by atoms with Crippen LogP contribution in [0.2, 0.25) is 0 Å². The van der Waals surface area contributed by atoms with E-state index >= 15 is 0 Å². The molecule has 0 saturated carbocycles. The van der Waals surface area contributed by atoms with Crippen molar-refractivity contribution in [3.63, 3.8) is 0 Å². The summed E-state index contributed by atoms with van der Waals surface area (Å²) >= 11 is 0. The minimum Gasteiger partial charge on any atom is -0.469 e. The summed E-state index contributed by atoms with van der Waals surface area (Å²) in [6.07, 6.45) is 0.340. The molecule has 0 aromatic rings. The second-order valence-corrected chi connectivity index (χ2v) is 7.01. The molecule has 0 radical (unpaired) electrons. The molecule has 2 heterocycles. The van der Waals surface area contributed by atoms with Crippen LogP contribution < -0.4 is 0 Å². The van der Waals surface area contributed by atoms with E-state index in [2.05, 4.69) is 9.64 Å². The molecular formula is C12H23N3O5S. The molecule has 2 saturated heterocycles. The zero-order chi connectivity index (χ0) is 15.3. The first-order chi connectivity index (χ1) is 10.0. The first kappa shape index (κ1) is 16.6. The molecule has 122 valence electrons. The van der Waals surface area contributed by atoms with Crippen LogP contribution in [0.1, 0.15) is 6.42 Å². The molecule has 0 bridgehead atoms. The van der Waals surface area contributed by atoms with Crippen LogP contribution in [0.25, 0.3) is 0 Å². The van der Waals surface area contributed by atoms with Gasteiger partial charge in [0.25, 0.3) is 10.2 Å². The monoisotopic (exact) mass is 321 g/mol. The number of hydrogen-bond donors (Lipinski definition) is 0. The van der Waals surface area contributed by atoms with Gasteiger partial charge in [0.1, 0.15) is 0 Å². The van der Waals surface area contributed by atoms with E-state index in [1.54, 1.807) is 0 Å². The highest BCUT2D eigenvalue weighted by atomic mass is 32.2. The maximum Gasteiger partial charge on any atom is 0.306 e. The summed E-state index contributed by atoms with van der Waals surface area (Å²) in [5.41, 5.74) is 0. The maximum absolute atomic E-state index is 12.5. The second kappa shape index (κ2) is 7.50. The molecule has 0 spiro atoms. The second-order valence-electron chi connectivity index (χ2n) is 5.09. The lowest BCUT2D eigenvalue weighted by atomic mass is 10.3. The number of carbonyl (C=O) groups excluding carboxylic acids is 1. The minimum absolute atomic E-state index is 0.238. The highest BCUT2D eigenvalue weighted by Gasteiger charge is 2.33. The van der Waals surface area contributed by atoms with E-state index in [1.807, 2.05) is 0 Å². The highest BCUT2D eigenvalue weighted by molar-refractivity contribution is 7.86. The fourth-order valence-electron chi connectivity index (χ4n) is 2.48. The molecular weight excluding hydrogens is 298 g/mol. The van der Waals surface area contributed by atoms with Gasteiger partial charge in [-0.05, 0) is 0 Å². The topological polar surface area (TPSA) is 79.4 Å². The summed E-state index contributed by atoms with van der Waals surface area (Å²) in [5.74, 6) is -0.238. The first-order valence-corrected chi connectivity index (χ1v) is 8.56. The fraction of sp³-hybridized carbons (Fsp3) is 0.917. The molecule has 2 rings (SSSR count). The Balaban J connectivity index is 1.81.